The van der Waals surface area contributed by atoms with E-state index in [1.54, 1.807) is 12.4 Å². The van der Waals surface area contributed by atoms with Crippen molar-refractivity contribution in [3.05, 3.63) is 30.1 Å². The van der Waals surface area contributed by atoms with Crippen LogP contribution in [0.15, 0.2) is 18.5 Å². The molecule has 1 N–H and O–H groups in total. The zero-order valence-corrected chi connectivity index (χ0v) is 10.8. The molecular formula is C12H16N6O. The van der Waals surface area contributed by atoms with E-state index in [0.29, 0.717) is 19.0 Å². The first kappa shape index (κ1) is 12.0. The number of ether oxygens (including phenoxy) is 1. The third-order valence-electron chi connectivity index (χ3n) is 3.07. The summed E-state index contributed by atoms with van der Waals surface area (Å²) in [4.78, 5) is 15.0. The lowest BCUT2D eigenvalue weighted by Gasteiger charge is -2.31. The number of nitrogens with zero attached hydrogens (tertiary/aromatic N) is 5. The van der Waals surface area contributed by atoms with Crippen molar-refractivity contribution in [2.75, 3.05) is 24.6 Å². The molecule has 0 aliphatic carbocycles. The number of nitrogens with one attached hydrogen (secondary N) is 1. The van der Waals surface area contributed by atoms with Crippen molar-refractivity contribution in [1.29, 1.82) is 0 Å². The fraction of sp³-hybridized carbons (Fsp3) is 0.500. The van der Waals surface area contributed by atoms with Gasteiger partial charge >= 0.3 is 0 Å². The Morgan fingerprint density at radius 1 is 1.42 bits per heavy atom. The van der Waals surface area contributed by atoms with Crippen LogP contribution in [0.3, 0.4) is 0 Å². The molecule has 0 spiro atoms. The van der Waals surface area contributed by atoms with Gasteiger partial charge in [0.05, 0.1) is 13.2 Å². The van der Waals surface area contributed by atoms with Gasteiger partial charge in [0.1, 0.15) is 11.9 Å². The van der Waals surface area contributed by atoms with Crippen LogP contribution in [-0.2, 0) is 11.2 Å². The molecule has 0 saturated carbocycles. The van der Waals surface area contributed by atoms with Gasteiger partial charge in [-0.3, -0.25) is 5.10 Å². The van der Waals surface area contributed by atoms with Crippen molar-refractivity contribution >= 4 is 5.95 Å². The van der Waals surface area contributed by atoms with Crippen molar-refractivity contribution in [2.24, 2.45) is 0 Å². The maximum absolute atomic E-state index is 5.73. The van der Waals surface area contributed by atoms with E-state index < -0.39 is 0 Å². The van der Waals surface area contributed by atoms with E-state index in [-0.39, 0.29) is 6.10 Å². The van der Waals surface area contributed by atoms with Crippen LogP contribution in [0.4, 0.5) is 5.95 Å². The predicted octanol–water partition coefficient (Wildman–Crippen LogP) is 0.735. The number of rotatable bonds is 3. The third-order valence-corrected chi connectivity index (χ3v) is 3.07. The molecule has 2 aromatic heterocycles. The summed E-state index contributed by atoms with van der Waals surface area (Å²) in [6.45, 7) is 4.12. The average molecular weight is 260 g/mol. The lowest BCUT2D eigenvalue weighted by molar-refractivity contribution is 0.0337. The summed E-state index contributed by atoms with van der Waals surface area (Å²) in [5.41, 5.74) is 0. The van der Waals surface area contributed by atoms with Gasteiger partial charge in [-0.15, -0.1) is 0 Å². The highest BCUT2D eigenvalue weighted by molar-refractivity contribution is 5.29. The molecule has 100 valence electrons. The number of hydrogen-bond donors (Lipinski definition) is 1. The molecule has 1 unspecified atom stereocenters. The molecule has 1 fully saturated rings. The molecule has 7 heteroatoms. The van der Waals surface area contributed by atoms with E-state index in [1.807, 2.05) is 13.0 Å². The molecule has 0 bridgehead atoms. The van der Waals surface area contributed by atoms with E-state index in [2.05, 4.69) is 30.0 Å². The molecule has 3 rings (SSSR count). The van der Waals surface area contributed by atoms with Crippen molar-refractivity contribution in [1.82, 2.24) is 25.1 Å². The highest BCUT2D eigenvalue weighted by atomic mass is 16.5. The number of aromatic nitrogens is 5. The summed E-state index contributed by atoms with van der Waals surface area (Å²) in [6.07, 6.45) is 4.20. The van der Waals surface area contributed by atoms with Crippen LogP contribution in [-0.4, -0.2) is 44.8 Å². The standard InChI is InChI=1S/C12H16N6O/c1-2-10-15-11(17-16-10)9-8-18(6-7-19-9)12-13-4-3-5-14-12/h3-5,9H,2,6-8H2,1H3,(H,15,16,17). The lowest BCUT2D eigenvalue weighted by Crippen LogP contribution is -2.39. The number of aryl methyl sites for hydroxylation is 1. The second-order valence-corrected chi connectivity index (χ2v) is 4.35. The molecular weight excluding hydrogens is 244 g/mol. The minimum absolute atomic E-state index is 0.130. The first-order valence-corrected chi connectivity index (χ1v) is 6.41. The molecule has 0 aromatic carbocycles. The maximum Gasteiger partial charge on any atom is 0.225 e. The number of aromatic amines is 1. The predicted molar refractivity (Wildman–Crippen MR) is 68.7 cm³/mol. The van der Waals surface area contributed by atoms with Crippen LogP contribution in [0, 0.1) is 0 Å². The highest BCUT2D eigenvalue weighted by Crippen LogP contribution is 2.21. The van der Waals surface area contributed by atoms with E-state index in [4.69, 9.17) is 4.74 Å². The van der Waals surface area contributed by atoms with Crippen LogP contribution >= 0.6 is 0 Å². The summed E-state index contributed by atoms with van der Waals surface area (Å²) in [5.74, 6) is 2.31. The van der Waals surface area contributed by atoms with Crippen molar-refractivity contribution < 1.29 is 4.74 Å². The Morgan fingerprint density at radius 3 is 3.00 bits per heavy atom. The van der Waals surface area contributed by atoms with Crippen molar-refractivity contribution in [2.45, 2.75) is 19.4 Å². The largest absolute Gasteiger partial charge is 0.366 e. The molecule has 1 aliphatic rings. The molecule has 1 atom stereocenters. The zero-order chi connectivity index (χ0) is 13.1. The fourth-order valence-electron chi connectivity index (χ4n) is 2.05. The maximum atomic E-state index is 5.73. The summed E-state index contributed by atoms with van der Waals surface area (Å²) in [6, 6.07) is 1.81. The smallest absolute Gasteiger partial charge is 0.225 e. The van der Waals surface area contributed by atoms with Crippen LogP contribution in [0.5, 0.6) is 0 Å². The first-order valence-electron chi connectivity index (χ1n) is 6.41. The second kappa shape index (κ2) is 5.31. The molecule has 0 radical (unpaired) electrons. The molecule has 19 heavy (non-hydrogen) atoms. The molecule has 3 heterocycles. The molecule has 0 amide bonds. The van der Waals surface area contributed by atoms with Gasteiger partial charge in [-0.05, 0) is 6.07 Å². The Labute approximate surface area is 111 Å². The monoisotopic (exact) mass is 260 g/mol. The summed E-state index contributed by atoms with van der Waals surface area (Å²) in [5, 5.41) is 7.13. The van der Waals surface area contributed by atoms with Crippen LogP contribution in [0.25, 0.3) is 0 Å². The normalized spacial score (nSPS) is 19.6. The van der Waals surface area contributed by atoms with Gasteiger partial charge in [-0.2, -0.15) is 5.10 Å². The number of anilines is 1. The Kier molecular flexibility index (Phi) is 3.37. The van der Waals surface area contributed by atoms with Crippen LogP contribution in [0.1, 0.15) is 24.7 Å². The van der Waals surface area contributed by atoms with E-state index in [0.717, 1.165) is 24.7 Å². The van der Waals surface area contributed by atoms with Crippen molar-refractivity contribution in [3.63, 3.8) is 0 Å². The van der Waals surface area contributed by atoms with Gasteiger partial charge in [0, 0.05) is 25.4 Å². The Morgan fingerprint density at radius 2 is 2.26 bits per heavy atom. The fourth-order valence-corrected chi connectivity index (χ4v) is 2.05. The first-order chi connectivity index (χ1) is 9.36. The van der Waals surface area contributed by atoms with E-state index in [9.17, 15) is 0 Å². The number of H-pyrrole nitrogens is 1. The minimum atomic E-state index is -0.130. The molecule has 1 aliphatic heterocycles. The van der Waals surface area contributed by atoms with E-state index >= 15 is 0 Å². The topological polar surface area (TPSA) is 79.8 Å². The molecule has 1 saturated heterocycles. The quantitative estimate of drug-likeness (QED) is 0.876. The second-order valence-electron chi connectivity index (χ2n) is 4.35. The molecule has 7 nitrogen and oxygen atoms in total. The Bertz CT molecular complexity index is 528. The summed E-state index contributed by atoms with van der Waals surface area (Å²) in [7, 11) is 0. The van der Waals surface area contributed by atoms with Gasteiger partial charge in [0.25, 0.3) is 0 Å². The van der Waals surface area contributed by atoms with Crippen LogP contribution < -0.4 is 4.90 Å². The summed E-state index contributed by atoms with van der Waals surface area (Å²) >= 11 is 0. The summed E-state index contributed by atoms with van der Waals surface area (Å²) < 4.78 is 5.73. The Balaban J connectivity index is 1.74. The minimum Gasteiger partial charge on any atom is -0.366 e. The van der Waals surface area contributed by atoms with Gasteiger partial charge in [0.2, 0.25) is 5.95 Å². The third kappa shape index (κ3) is 2.55. The van der Waals surface area contributed by atoms with E-state index in [1.165, 1.54) is 0 Å². The molecule has 2 aromatic rings. The average Bonchev–Trinajstić information content (AvgIpc) is 2.97. The van der Waals surface area contributed by atoms with Gasteiger partial charge < -0.3 is 9.64 Å². The zero-order valence-electron chi connectivity index (χ0n) is 10.8. The number of hydrogen-bond acceptors (Lipinski definition) is 6. The number of morpholine rings is 1. The van der Waals surface area contributed by atoms with Gasteiger partial charge in [0.15, 0.2) is 5.82 Å². The SMILES string of the molecule is CCc1nc(C2CN(c3ncccn3)CCO2)n[nH]1. The van der Waals surface area contributed by atoms with Crippen molar-refractivity contribution in [3.8, 4) is 0 Å². The van der Waals surface area contributed by atoms with Gasteiger partial charge in [-0.1, -0.05) is 6.92 Å². The van der Waals surface area contributed by atoms with Crippen LogP contribution in [0.2, 0.25) is 0 Å². The Hall–Kier alpha value is -2.02. The lowest BCUT2D eigenvalue weighted by atomic mass is 10.2. The highest BCUT2D eigenvalue weighted by Gasteiger charge is 2.26. The van der Waals surface area contributed by atoms with Gasteiger partial charge in [-0.25, -0.2) is 15.0 Å².